The molecule has 2 amide bonds. The highest BCUT2D eigenvalue weighted by Crippen LogP contribution is 2.46. The molecule has 2 aromatic carbocycles. The molecule has 0 radical (unpaired) electrons. The second-order valence-electron chi connectivity index (χ2n) is 14.1. The summed E-state index contributed by atoms with van der Waals surface area (Å²) in [4.78, 5) is 41.9. The van der Waals surface area contributed by atoms with Gasteiger partial charge in [0.2, 0.25) is 23.6 Å². The van der Waals surface area contributed by atoms with Gasteiger partial charge in [-0.15, -0.1) is 0 Å². The Balaban J connectivity index is 1.02. The van der Waals surface area contributed by atoms with Gasteiger partial charge in [-0.1, -0.05) is 59.6 Å². The van der Waals surface area contributed by atoms with Gasteiger partial charge in [0.25, 0.3) is 0 Å². The summed E-state index contributed by atoms with van der Waals surface area (Å²) < 4.78 is 17.6. The van der Waals surface area contributed by atoms with Crippen LogP contribution in [0.15, 0.2) is 48.7 Å². The Morgan fingerprint density at radius 2 is 1.63 bits per heavy atom. The van der Waals surface area contributed by atoms with E-state index < -0.39 is 0 Å². The van der Waals surface area contributed by atoms with Crippen molar-refractivity contribution in [2.24, 2.45) is 5.41 Å². The van der Waals surface area contributed by atoms with Crippen LogP contribution in [0.25, 0.3) is 33.6 Å². The molecule has 0 saturated carbocycles. The minimum absolute atomic E-state index is 0.0825. The van der Waals surface area contributed by atoms with Crippen molar-refractivity contribution in [1.29, 1.82) is 0 Å². The molecule has 0 bridgehead atoms. The topological polar surface area (TPSA) is 131 Å². The number of hydrogen-bond acceptors (Lipinski definition) is 10. The molecule has 4 aliphatic heterocycles. The minimum atomic E-state index is -0.126. The van der Waals surface area contributed by atoms with E-state index in [0.717, 1.165) is 55.0 Å². The first-order chi connectivity index (χ1) is 25.1. The lowest BCUT2D eigenvalue weighted by Gasteiger charge is -2.60. The summed E-state index contributed by atoms with van der Waals surface area (Å²) in [5.41, 5.74) is 5.83. The number of benzene rings is 2. The molecule has 0 aliphatic carbocycles. The largest absolute Gasteiger partial charge is 0.491 e. The van der Waals surface area contributed by atoms with Crippen LogP contribution in [0.4, 0.5) is 0 Å². The molecule has 2 unspecified atom stereocenters. The number of halogens is 2. The van der Waals surface area contributed by atoms with Crippen LogP contribution in [0.3, 0.4) is 0 Å². The quantitative estimate of drug-likeness (QED) is 0.225. The number of carbonyl (C=O) groups is 2. The maximum absolute atomic E-state index is 11.7. The normalized spacial score (nSPS) is 20.2. The standard InChI is InChI=1S/C38H39Cl2N7O5/c1-21(48)47-19-38(20-47)17-46(18-38)15-29-36(50-2)45-28(14-42-29)26-9-5-7-24(35(26)40)23-6-4-8-25(34(23)39)27-12-31-33(37(44-27)51-3)30(16-52-31)41-13-22-10-11-32(49)43-22/h4-9,12,14,22,30,41H,10-11,13,15-20H2,1-3H3,(H,43,49). The number of fused-ring (bicyclic) bond motifs is 1. The molecule has 2 atom stereocenters. The van der Waals surface area contributed by atoms with Gasteiger partial charge in [-0.25, -0.2) is 9.97 Å². The molecule has 2 aromatic heterocycles. The predicted octanol–water partition coefficient (Wildman–Crippen LogP) is 5.16. The Kier molecular flexibility index (Phi) is 9.19. The Bertz CT molecular complexity index is 2070. The molecule has 3 fully saturated rings. The molecule has 4 aliphatic rings. The molecule has 3 saturated heterocycles. The molecule has 52 heavy (non-hydrogen) atoms. The van der Waals surface area contributed by atoms with Crippen LogP contribution in [-0.2, 0) is 16.1 Å². The van der Waals surface area contributed by atoms with E-state index in [0.29, 0.717) is 76.2 Å². The van der Waals surface area contributed by atoms with Crippen LogP contribution >= 0.6 is 23.2 Å². The van der Waals surface area contributed by atoms with Crippen LogP contribution in [0, 0.1) is 5.41 Å². The summed E-state index contributed by atoms with van der Waals surface area (Å²) in [5.74, 6) is 1.78. The van der Waals surface area contributed by atoms with Gasteiger partial charge < -0.3 is 29.7 Å². The van der Waals surface area contributed by atoms with Crippen molar-refractivity contribution in [1.82, 2.24) is 35.4 Å². The second-order valence-corrected chi connectivity index (χ2v) is 14.8. The second kappa shape index (κ2) is 13.8. The van der Waals surface area contributed by atoms with Crippen LogP contribution in [0.5, 0.6) is 17.5 Å². The van der Waals surface area contributed by atoms with E-state index in [9.17, 15) is 9.59 Å². The van der Waals surface area contributed by atoms with E-state index in [4.69, 9.17) is 52.4 Å². The third-order valence-electron chi connectivity index (χ3n) is 10.5. The molecule has 14 heteroatoms. The average Bonchev–Trinajstić information content (AvgIpc) is 3.73. The van der Waals surface area contributed by atoms with E-state index in [1.807, 2.05) is 47.4 Å². The fourth-order valence-electron chi connectivity index (χ4n) is 7.86. The van der Waals surface area contributed by atoms with E-state index in [1.54, 1.807) is 27.3 Å². The zero-order valence-corrected chi connectivity index (χ0v) is 30.7. The van der Waals surface area contributed by atoms with Crippen molar-refractivity contribution < 1.29 is 23.8 Å². The van der Waals surface area contributed by atoms with Gasteiger partial charge in [-0.05, 0) is 6.42 Å². The SMILES string of the molecule is COc1nc(-c2cccc(-c3cccc(-c4cc5c(c(OC)n4)C(NCC4CCC(=O)N4)CO5)c3Cl)c2Cl)cnc1CN1CC2(C1)CN(C(C)=O)C2. The minimum Gasteiger partial charge on any atom is -0.491 e. The van der Waals surface area contributed by atoms with E-state index >= 15 is 0 Å². The predicted molar refractivity (Wildman–Crippen MR) is 197 cm³/mol. The summed E-state index contributed by atoms with van der Waals surface area (Å²) in [6.07, 6.45) is 3.08. The lowest BCUT2D eigenvalue weighted by Crippen LogP contribution is -2.72. The highest BCUT2D eigenvalue weighted by Gasteiger charge is 2.52. The number of amides is 2. The summed E-state index contributed by atoms with van der Waals surface area (Å²) in [6, 6.07) is 13.3. The van der Waals surface area contributed by atoms with Crippen LogP contribution in [0.2, 0.25) is 10.0 Å². The van der Waals surface area contributed by atoms with Crippen molar-refractivity contribution in [2.45, 2.75) is 38.4 Å². The lowest BCUT2D eigenvalue weighted by atomic mass is 9.73. The first kappa shape index (κ1) is 34.6. The van der Waals surface area contributed by atoms with Gasteiger partial charge >= 0.3 is 0 Å². The molecule has 12 nitrogen and oxygen atoms in total. The number of pyridine rings is 1. The number of ether oxygens (including phenoxy) is 3. The van der Waals surface area contributed by atoms with Crippen molar-refractivity contribution in [3.05, 3.63) is 70.0 Å². The van der Waals surface area contributed by atoms with E-state index in [-0.39, 0.29) is 29.3 Å². The highest BCUT2D eigenvalue weighted by molar-refractivity contribution is 6.39. The molecule has 6 heterocycles. The number of rotatable bonds is 10. The molecule has 4 aromatic rings. The molecule has 1 spiro atoms. The summed E-state index contributed by atoms with van der Waals surface area (Å²) in [6.45, 7) is 6.74. The number of nitrogens with zero attached hydrogens (tertiary/aromatic N) is 5. The third kappa shape index (κ3) is 6.31. The molecule has 8 rings (SSSR count). The number of likely N-dealkylation sites (tertiary alicyclic amines) is 2. The van der Waals surface area contributed by atoms with Gasteiger partial charge in [0.15, 0.2) is 0 Å². The van der Waals surface area contributed by atoms with Crippen LogP contribution in [-0.4, -0.2) is 96.2 Å². The van der Waals surface area contributed by atoms with Crippen LogP contribution in [0.1, 0.15) is 37.1 Å². The Hall–Kier alpha value is -4.49. The highest BCUT2D eigenvalue weighted by atomic mass is 35.5. The zero-order valence-electron chi connectivity index (χ0n) is 29.2. The smallest absolute Gasteiger partial charge is 0.237 e. The van der Waals surface area contributed by atoms with Crippen LogP contribution < -0.4 is 24.8 Å². The number of methoxy groups -OCH3 is 2. The number of nitrogens with one attached hydrogen (secondary N) is 2. The number of aromatic nitrogens is 3. The summed E-state index contributed by atoms with van der Waals surface area (Å²) in [7, 11) is 3.18. The van der Waals surface area contributed by atoms with Crippen molar-refractivity contribution in [3.8, 4) is 51.2 Å². The molecular weight excluding hydrogens is 705 g/mol. The van der Waals surface area contributed by atoms with Gasteiger partial charge in [-0.3, -0.25) is 19.5 Å². The maximum atomic E-state index is 11.7. The summed E-state index contributed by atoms with van der Waals surface area (Å²) in [5, 5.41) is 7.45. The third-order valence-corrected chi connectivity index (χ3v) is 11.3. The Morgan fingerprint density at radius 3 is 2.27 bits per heavy atom. The number of hydrogen-bond donors (Lipinski definition) is 2. The first-order valence-corrected chi connectivity index (χ1v) is 18.1. The fraction of sp³-hybridized carbons (Fsp3) is 0.395. The van der Waals surface area contributed by atoms with Crippen molar-refractivity contribution in [2.75, 3.05) is 53.6 Å². The lowest BCUT2D eigenvalue weighted by molar-refractivity contribution is -0.157. The molecule has 270 valence electrons. The van der Waals surface area contributed by atoms with E-state index in [1.165, 1.54) is 0 Å². The van der Waals surface area contributed by atoms with Crippen molar-refractivity contribution in [3.63, 3.8) is 0 Å². The van der Waals surface area contributed by atoms with Gasteiger partial charge in [0.1, 0.15) is 18.1 Å². The first-order valence-electron chi connectivity index (χ1n) is 17.4. The zero-order chi connectivity index (χ0) is 36.1. The number of carbonyl (C=O) groups excluding carboxylic acids is 2. The van der Waals surface area contributed by atoms with Crippen molar-refractivity contribution >= 4 is 35.0 Å². The van der Waals surface area contributed by atoms with Gasteiger partial charge in [0.05, 0.1) is 53.5 Å². The average molecular weight is 745 g/mol. The molecular formula is C38H39Cl2N7O5. The maximum Gasteiger partial charge on any atom is 0.237 e. The van der Waals surface area contributed by atoms with Gasteiger partial charge in [-0.2, -0.15) is 0 Å². The monoisotopic (exact) mass is 743 g/mol. The molecule has 2 N–H and O–H groups in total. The Morgan fingerprint density at radius 1 is 0.981 bits per heavy atom. The van der Waals surface area contributed by atoms with E-state index in [2.05, 4.69) is 15.5 Å². The fourth-order valence-corrected chi connectivity index (χ4v) is 8.51. The summed E-state index contributed by atoms with van der Waals surface area (Å²) >= 11 is 14.3. The Labute approximate surface area is 311 Å². The van der Waals surface area contributed by atoms with Gasteiger partial charge in [0, 0.05) is 92.4 Å².